The number of carbonyl (C=O) groups excluding carboxylic acids is 1. The molecule has 114 valence electrons. The first-order valence-electron chi connectivity index (χ1n) is 7.63. The highest BCUT2D eigenvalue weighted by Gasteiger charge is 2.27. The third kappa shape index (κ3) is 2.61. The van der Waals surface area contributed by atoms with Crippen LogP contribution in [0.4, 0.5) is 0 Å². The molecule has 3 aromatic rings. The maximum Gasteiger partial charge on any atom is 0.256 e. The van der Waals surface area contributed by atoms with Crippen molar-refractivity contribution >= 4 is 5.91 Å². The van der Waals surface area contributed by atoms with Gasteiger partial charge in [0.2, 0.25) is 0 Å². The van der Waals surface area contributed by atoms with Crippen molar-refractivity contribution in [3.05, 3.63) is 77.9 Å². The molecule has 23 heavy (non-hydrogen) atoms. The normalized spacial score (nSPS) is 13.4. The van der Waals surface area contributed by atoms with Crippen LogP contribution >= 0.6 is 0 Å². The average molecular weight is 304 g/mol. The van der Waals surface area contributed by atoms with Gasteiger partial charge >= 0.3 is 0 Å². The molecule has 0 aliphatic carbocycles. The summed E-state index contributed by atoms with van der Waals surface area (Å²) in [4.78, 5) is 18.4. The van der Waals surface area contributed by atoms with Crippen molar-refractivity contribution in [2.75, 3.05) is 6.54 Å². The summed E-state index contributed by atoms with van der Waals surface area (Å²) in [6, 6.07) is 13.7. The van der Waals surface area contributed by atoms with E-state index >= 15 is 0 Å². The molecule has 5 nitrogen and oxygen atoms in total. The summed E-state index contributed by atoms with van der Waals surface area (Å²) in [5, 5.41) is 4.39. The van der Waals surface area contributed by atoms with Crippen LogP contribution in [0.3, 0.4) is 0 Å². The van der Waals surface area contributed by atoms with Crippen LogP contribution in [0.1, 0.15) is 21.6 Å². The number of rotatable bonds is 4. The Hall–Kier alpha value is -2.95. The van der Waals surface area contributed by atoms with Gasteiger partial charge in [-0.25, -0.2) is 4.68 Å². The molecular weight excluding hydrogens is 288 g/mol. The van der Waals surface area contributed by atoms with Gasteiger partial charge < -0.3 is 4.90 Å². The number of para-hydroxylation sites is 1. The zero-order valence-electron chi connectivity index (χ0n) is 12.6. The van der Waals surface area contributed by atoms with Crippen LogP contribution in [0.2, 0.25) is 0 Å². The van der Waals surface area contributed by atoms with Crippen LogP contribution < -0.4 is 0 Å². The molecule has 4 rings (SSSR count). The first-order valence-corrected chi connectivity index (χ1v) is 7.63. The van der Waals surface area contributed by atoms with E-state index in [0.29, 0.717) is 13.1 Å². The van der Waals surface area contributed by atoms with Gasteiger partial charge in [-0.2, -0.15) is 5.10 Å². The van der Waals surface area contributed by atoms with Crippen molar-refractivity contribution in [2.24, 2.45) is 0 Å². The summed E-state index contributed by atoms with van der Waals surface area (Å²) in [6.07, 6.45) is 6.40. The van der Waals surface area contributed by atoms with E-state index in [1.54, 1.807) is 6.20 Å². The van der Waals surface area contributed by atoms with Crippen molar-refractivity contribution in [3.8, 4) is 5.69 Å². The molecule has 2 aromatic heterocycles. The van der Waals surface area contributed by atoms with Crippen LogP contribution in [-0.2, 0) is 13.0 Å². The molecular formula is C18H16N4O. The number of fused-ring (bicyclic) bond motifs is 1. The van der Waals surface area contributed by atoms with E-state index in [4.69, 9.17) is 0 Å². The monoisotopic (exact) mass is 304 g/mol. The molecule has 1 aromatic carbocycles. The zero-order valence-corrected chi connectivity index (χ0v) is 12.6. The molecule has 0 fully saturated rings. The Morgan fingerprint density at radius 1 is 1.09 bits per heavy atom. The largest absolute Gasteiger partial charge is 0.332 e. The van der Waals surface area contributed by atoms with Crippen molar-refractivity contribution in [1.82, 2.24) is 19.7 Å². The van der Waals surface area contributed by atoms with Gasteiger partial charge in [-0.15, -0.1) is 0 Å². The predicted octanol–water partition coefficient (Wildman–Crippen LogP) is 2.47. The van der Waals surface area contributed by atoms with E-state index in [9.17, 15) is 4.79 Å². The summed E-state index contributed by atoms with van der Waals surface area (Å²) >= 11 is 0. The number of hydrogen-bond acceptors (Lipinski definition) is 3. The molecule has 3 heterocycles. The summed E-state index contributed by atoms with van der Waals surface area (Å²) in [5.74, 6) is 0.0727. The highest BCUT2D eigenvalue weighted by Crippen LogP contribution is 2.20. The summed E-state index contributed by atoms with van der Waals surface area (Å²) in [5.41, 5.74) is 3.75. The molecule has 0 spiro atoms. The quantitative estimate of drug-likeness (QED) is 0.744. The van der Waals surface area contributed by atoms with Crippen molar-refractivity contribution < 1.29 is 4.79 Å². The second-order valence-corrected chi connectivity index (χ2v) is 5.60. The Kier molecular flexibility index (Phi) is 3.38. The second-order valence-electron chi connectivity index (χ2n) is 5.60. The van der Waals surface area contributed by atoms with Gasteiger partial charge in [-0.3, -0.25) is 9.78 Å². The van der Waals surface area contributed by atoms with Crippen molar-refractivity contribution in [2.45, 2.75) is 13.0 Å². The Morgan fingerprint density at radius 3 is 2.78 bits per heavy atom. The number of aromatic nitrogens is 3. The molecule has 0 atom stereocenters. The molecule has 0 unspecified atom stereocenters. The van der Waals surface area contributed by atoms with Gasteiger partial charge in [-0.1, -0.05) is 18.2 Å². The molecule has 0 saturated carbocycles. The van der Waals surface area contributed by atoms with E-state index < -0.39 is 0 Å². The lowest BCUT2D eigenvalue weighted by atomic mass is 10.2. The molecule has 0 N–H and O–H groups in total. The van der Waals surface area contributed by atoms with E-state index in [-0.39, 0.29) is 5.91 Å². The average Bonchev–Trinajstić information content (AvgIpc) is 3.19. The van der Waals surface area contributed by atoms with E-state index in [1.807, 2.05) is 64.4 Å². The minimum absolute atomic E-state index is 0.0727. The minimum atomic E-state index is 0.0727. The van der Waals surface area contributed by atoms with E-state index in [2.05, 4.69) is 10.1 Å². The second kappa shape index (κ2) is 5.68. The number of nitrogens with zero attached hydrogens (tertiary/aromatic N) is 4. The Balaban J connectivity index is 1.43. The molecule has 1 aliphatic heterocycles. The standard InChI is InChI=1S/C18H16N4O/c23-18-16-7-4-9-19-17(16)13-21(18)10-8-14-11-20-22(12-14)15-5-2-1-3-6-15/h1-7,9,11-12H,8,10,13H2. The fourth-order valence-corrected chi connectivity index (χ4v) is 2.84. The highest BCUT2D eigenvalue weighted by molar-refractivity contribution is 5.97. The first kappa shape index (κ1) is 13.7. The van der Waals surface area contributed by atoms with Crippen LogP contribution in [0.5, 0.6) is 0 Å². The number of benzene rings is 1. The van der Waals surface area contributed by atoms with Crippen molar-refractivity contribution in [1.29, 1.82) is 0 Å². The third-order valence-electron chi connectivity index (χ3n) is 4.08. The molecule has 0 saturated heterocycles. The molecule has 0 radical (unpaired) electrons. The van der Waals surface area contributed by atoms with Gasteiger partial charge in [-0.05, 0) is 36.2 Å². The van der Waals surface area contributed by atoms with Gasteiger partial charge in [0.1, 0.15) is 0 Å². The number of pyridine rings is 1. The number of amides is 1. The van der Waals surface area contributed by atoms with Crippen LogP contribution in [0, 0.1) is 0 Å². The zero-order chi connectivity index (χ0) is 15.6. The summed E-state index contributed by atoms with van der Waals surface area (Å²) in [7, 11) is 0. The van der Waals surface area contributed by atoms with Gasteiger partial charge in [0.25, 0.3) is 5.91 Å². The molecule has 5 heteroatoms. The fraction of sp³-hybridized carbons (Fsp3) is 0.167. The smallest absolute Gasteiger partial charge is 0.256 e. The molecule has 1 amide bonds. The van der Waals surface area contributed by atoms with E-state index in [0.717, 1.165) is 28.9 Å². The lowest BCUT2D eigenvalue weighted by Crippen LogP contribution is -2.26. The lowest BCUT2D eigenvalue weighted by Gasteiger charge is -2.14. The summed E-state index contributed by atoms with van der Waals surface area (Å²) < 4.78 is 1.86. The third-order valence-corrected chi connectivity index (χ3v) is 4.08. The minimum Gasteiger partial charge on any atom is -0.332 e. The molecule has 1 aliphatic rings. The van der Waals surface area contributed by atoms with Gasteiger partial charge in [0.05, 0.1) is 29.7 Å². The SMILES string of the molecule is O=C1c2cccnc2CN1CCc1cnn(-c2ccccc2)c1. The first-order chi connectivity index (χ1) is 11.3. The van der Waals surface area contributed by atoms with Gasteiger partial charge in [0, 0.05) is 18.9 Å². The van der Waals surface area contributed by atoms with Crippen LogP contribution in [0.25, 0.3) is 5.69 Å². The lowest BCUT2D eigenvalue weighted by molar-refractivity contribution is 0.0780. The van der Waals surface area contributed by atoms with Crippen LogP contribution in [0.15, 0.2) is 61.1 Å². The fourth-order valence-electron chi connectivity index (χ4n) is 2.84. The van der Waals surface area contributed by atoms with E-state index in [1.165, 1.54) is 0 Å². The highest BCUT2D eigenvalue weighted by atomic mass is 16.2. The number of carbonyl (C=O) groups is 1. The Bertz CT molecular complexity index is 841. The van der Waals surface area contributed by atoms with Crippen LogP contribution in [-0.4, -0.2) is 32.1 Å². The van der Waals surface area contributed by atoms with Gasteiger partial charge in [0.15, 0.2) is 0 Å². The maximum atomic E-state index is 12.3. The van der Waals surface area contributed by atoms with Crippen molar-refractivity contribution in [3.63, 3.8) is 0 Å². The Labute approximate surface area is 134 Å². The maximum absolute atomic E-state index is 12.3. The Morgan fingerprint density at radius 2 is 1.96 bits per heavy atom. The summed E-state index contributed by atoms with van der Waals surface area (Å²) in [6.45, 7) is 1.28. The molecule has 0 bridgehead atoms. The predicted molar refractivity (Wildman–Crippen MR) is 86.2 cm³/mol. The number of hydrogen-bond donors (Lipinski definition) is 0. The topological polar surface area (TPSA) is 51.0 Å².